The topological polar surface area (TPSA) is 108 Å². The molecule has 0 aliphatic carbocycles. The van der Waals surface area contributed by atoms with Crippen LogP contribution in [0.3, 0.4) is 0 Å². The van der Waals surface area contributed by atoms with Crippen LogP contribution >= 0.6 is 11.6 Å². The van der Waals surface area contributed by atoms with Crippen LogP contribution < -0.4 is 5.32 Å². The lowest BCUT2D eigenvalue weighted by Gasteiger charge is -2.13. The van der Waals surface area contributed by atoms with E-state index in [1.54, 1.807) is 25.1 Å². The third-order valence-corrected chi connectivity index (χ3v) is 4.74. The molecule has 11 heteroatoms. The van der Waals surface area contributed by atoms with Crippen LogP contribution in [0.25, 0.3) is 0 Å². The molecule has 0 bridgehead atoms. The summed E-state index contributed by atoms with van der Waals surface area (Å²) in [6.07, 6.45) is 1.47. The molecule has 0 aliphatic rings. The van der Waals surface area contributed by atoms with E-state index in [-0.39, 0.29) is 40.3 Å². The summed E-state index contributed by atoms with van der Waals surface area (Å²) in [4.78, 5) is 23.2. The summed E-state index contributed by atoms with van der Waals surface area (Å²) in [5.74, 6) is -0.760. The molecule has 0 saturated heterocycles. The number of rotatable bonds is 6. The lowest BCUT2D eigenvalue weighted by Crippen LogP contribution is -2.25. The first-order valence-electron chi connectivity index (χ1n) is 8.66. The van der Waals surface area contributed by atoms with Crippen molar-refractivity contribution in [1.82, 2.24) is 19.6 Å². The number of hydrogen-bond donors (Lipinski definition) is 1. The molecular weight excluding hydrogens is 403 g/mol. The molecule has 0 aliphatic heterocycles. The van der Waals surface area contributed by atoms with Gasteiger partial charge in [-0.3, -0.25) is 24.3 Å². The molecule has 0 fully saturated rings. The van der Waals surface area contributed by atoms with Crippen molar-refractivity contribution in [3.63, 3.8) is 0 Å². The van der Waals surface area contributed by atoms with Gasteiger partial charge in [0, 0.05) is 11.8 Å². The lowest BCUT2D eigenvalue weighted by atomic mass is 10.2. The van der Waals surface area contributed by atoms with Gasteiger partial charge >= 0.3 is 5.69 Å². The van der Waals surface area contributed by atoms with Gasteiger partial charge in [-0.05, 0) is 26.8 Å². The molecule has 3 rings (SSSR count). The van der Waals surface area contributed by atoms with Crippen LogP contribution in [0, 0.1) is 29.8 Å². The fourth-order valence-corrected chi connectivity index (χ4v) is 3.19. The minimum Gasteiger partial charge on any atom is -0.306 e. The van der Waals surface area contributed by atoms with E-state index in [9.17, 15) is 19.3 Å². The van der Waals surface area contributed by atoms with Crippen molar-refractivity contribution in [3.8, 4) is 0 Å². The molecule has 29 heavy (non-hydrogen) atoms. The Kier molecular flexibility index (Phi) is 5.64. The highest BCUT2D eigenvalue weighted by molar-refractivity contribution is 6.33. The maximum atomic E-state index is 13.8. The summed E-state index contributed by atoms with van der Waals surface area (Å²) in [6, 6.07) is 5.43. The summed E-state index contributed by atoms with van der Waals surface area (Å²) in [7, 11) is 0. The molecule has 1 atom stereocenters. The van der Waals surface area contributed by atoms with Gasteiger partial charge in [-0.15, -0.1) is 0 Å². The Balaban J connectivity index is 1.77. The van der Waals surface area contributed by atoms with E-state index >= 15 is 0 Å². The number of aromatic nitrogens is 4. The number of amides is 1. The van der Waals surface area contributed by atoms with Gasteiger partial charge in [-0.2, -0.15) is 10.2 Å². The van der Waals surface area contributed by atoms with Crippen molar-refractivity contribution in [2.45, 2.75) is 33.4 Å². The third-order valence-electron chi connectivity index (χ3n) is 4.46. The van der Waals surface area contributed by atoms with Crippen LogP contribution in [0.15, 0.2) is 30.5 Å². The summed E-state index contributed by atoms with van der Waals surface area (Å²) < 4.78 is 16.5. The number of nitrogens with one attached hydrogen (secondary N) is 1. The number of benzene rings is 1. The van der Waals surface area contributed by atoms with Crippen molar-refractivity contribution in [3.05, 3.63) is 68.4 Å². The van der Waals surface area contributed by atoms with Gasteiger partial charge in [0.2, 0.25) is 5.91 Å². The lowest BCUT2D eigenvalue weighted by molar-refractivity contribution is -0.386. The number of carbonyl (C=O) groups is 1. The zero-order chi connectivity index (χ0) is 21.3. The predicted octanol–water partition coefficient (Wildman–Crippen LogP) is 3.65. The molecule has 1 aromatic carbocycles. The summed E-state index contributed by atoms with van der Waals surface area (Å²) >= 11 is 6.14. The van der Waals surface area contributed by atoms with Gasteiger partial charge in [0.05, 0.1) is 11.5 Å². The molecule has 3 aromatic rings. The Morgan fingerprint density at radius 2 is 2.03 bits per heavy atom. The van der Waals surface area contributed by atoms with Crippen molar-refractivity contribution in [2.75, 3.05) is 5.32 Å². The van der Waals surface area contributed by atoms with E-state index < -0.39 is 16.9 Å². The second-order valence-corrected chi connectivity index (χ2v) is 6.91. The molecule has 2 aromatic heterocycles. The highest BCUT2D eigenvalue weighted by Crippen LogP contribution is 2.26. The quantitative estimate of drug-likeness (QED) is 0.483. The molecule has 0 saturated carbocycles. The van der Waals surface area contributed by atoms with Crippen molar-refractivity contribution in [2.24, 2.45) is 0 Å². The average molecular weight is 421 g/mol. The number of nitro groups is 1. The maximum Gasteiger partial charge on any atom is 0.312 e. The molecule has 1 unspecified atom stereocenters. The number of hydrogen-bond acceptors (Lipinski definition) is 5. The van der Waals surface area contributed by atoms with E-state index in [1.807, 2.05) is 0 Å². The molecule has 1 amide bonds. The monoisotopic (exact) mass is 420 g/mol. The number of nitrogens with zero attached hydrogens (tertiary/aromatic N) is 5. The first-order valence-corrected chi connectivity index (χ1v) is 9.04. The minimum atomic E-state index is -0.838. The van der Waals surface area contributed by atoms with E-state index in [2.05, 4.69) is 15.5 Å². The number of carbonyl (C=O) groups excluding carboxylic acids is 1. The van der Waals surface area contributed by atoms with E-state index in [4.69, 9.17) is 11.6 Å². The summed E-state index contributed by atoms with van der Waals surface area (Å²) in [6.45, 7) is 4.73. The Labute approximate surface area is 170 Å². The normalized spacial score (nSPS) is 12.0. The van der Waals surface area contributed by atoms with Crippen molar-refractivity contribution in [1.29, 1.82) is 0 Å². The zero-order valence-electron chi connectivity index (χ0n) is 15.9. The maximum absolute atomic E-state index is 13.8. The molecule has 9 nitrogen and oxygen atoms in total. The second-order valence-electron chi connectivity index (χ2n) is 6.50. The van der Waals surface area contributed by atoms with E-state index in [1.165, 1.54) is 35.5 Å². The second kappa shape index (κ2) is 8.00. The van der Waals surface area contributed by atoms with Crippen molar-refractivity contribution >= 4 is 29.0 Å². The SMILES string of the molecule is Cc1nn(C(C)C(=O)Nc2nn(Cc3ccccc3F)cc2Cl)c(C)c1[N+](=O)[O-]. The third kappa shape index (κ3) is 4.11. The molecule has 2 heterocycles. The molecular formula is C18H18ClFN6O3. The van der Waals surface area contributed by atoms with Gasteiger partial charge < -0.3 is 5.32 Å². The summed E-state index contributed by atoms with van der Waals surface area (Å²) in [5.41, 5.74) is 0.787. The summed E-state index contributed by atoms with van der Waals surface area (Å²) in [5, 5.41) is 22.2. The van der Waals surface area contributed by atoms with Crippen LogP contribution in [-0.4, -0.2) is 30.4 Å². The standard InChI is InChI=1S/C18H18ClFN6O3/c1-10-16(26(28)29)11(2)25(22-10)12(3)18(27)21-17-14(19)9-24(23-17)8-13-6-4-5-7-15(13)20/h4-7,9,12H,8H2,1-3H3,(H,21,23,27). The number of halogens is 2. The Morgan fingerprint density at radius 1 is 1.34 bits per heavy atom. The zero-order valence-corrected chi connectivity index (χ0v) is 16.6. The first-order chi connectivity index (χ1) is 13.7. The van der Waals surface area contributed by atoms with Crippen LogP contribution in [0.1, 0.15) is 29.9 Å². The Bertz CT molecular complexity index is 1090. The Hall–Kier alpha value is -3.27. The van der Waals surface area contributed by atoms with Crippen molar-refractivity contribution < 1.29 is 14.1 Å². The molecule has 0 spiro atoms. The molecule has 0 radical (unpaired) electrons. The highest BCUT2D eigenvalue weighted by Gasteiger charge is 2.27. The molecule has 1 N–H and O–H groups in total. The fraction of sp³-hybridized carbons (Fsp3) is 0.278. The minimum absolute atomic E-state index is 0.107. The predicted molar refractivity (Wildman–Crippen MR) is 104 cm³/mol. The van der Waals surface area contributed by atoms with Crippen LogP contribution in [-0.2, 0) is 11.3 Å². The molecule has 152 valence electrons. The van der Waals surface area contributed by atoms with Gasteiger partial charge in [0.15, 0.2) is 5.82 Å². The number of anilines is 1. The smallest absolute Gasteiger partial charge is 0.306 e. The Morgan fingerprint density at radius 3 is 2.66 bits per heavy atom. The van der Waals surface area contributed by atoms with Gasteiger partial charge in [-0.25, -0.2) is 4.39 Å². The fourth-order valence-electron chi connectivity index (χ4n) is 2.99. The highest BCUT2D eigenvalue weighted by atomic mass is 35.5. The number of aryl methyl sites for hydroxylation is 1. The van der Waals surface area contributed by atoms with Gasteiger partial charge in [0.25, 0.3) is 0 Å². The van der Waals surface area contributed by atoms with E-state index in [0.29, 0.717) is 5.56 Å². The first kappa shape index (κ1) is 20.5. The largest absolute Gasteiger partial charge is 0.312 e. The van der Waals surface area contributed by atoms with Crippen LogP contribution in [0.4, 0.5) is 15.9 Å². The average Bonchev–Trinajstić information content (AvgIpc) is 3.14. The van der Waals surface area contributed by atoms with Gasteiger partial charge in [0.1, 0.15) is 28.3 Å². The van der Waals surface area contributed by atoms with E-state index in [0.717, 1.165) is 0 Å². The van der Waals surface area contributed by atoms with Gasteiger partial charge in [-0.1, -0.05) is 29.8 Å². The van der Waals surface area contributed by atoms with Crippen LogP contribution in [0.5, 0.6) is 0 Å². The van der Waals surface area contributed by atoms with Crippen LogP contribution in [0.2, 0.25) is 5.02 Å².